The molecular weight excluding hydrogens is 308 g/mol. The zero-order valence-electron chi connectivity index (χ0n) is 11.7. The van der Waals surface area contributed by atoms with E-state index in [1.54, 1.807) is 12.1 Å². The van der Waals surface area contributed by atoms with Gasteiger partial charge in [-0.1, -0.05) is 30.7 Å². The molecule has 0 aliphatic rings. The van der Waals surface area contributed by atoms with Crippen LogP contribution in [0.1, 0.15) is 29.7 Å². The first kappa shape index (κ1) is 15.9. The Morgan fingerprint density at radius 1 is 1.29 bits per heavy atom. The summed E-state index contributed by atoms with van der Waals surface area (Å²) in [6, 6.07) is 11.1. The molecule has 0 fully saturated rings. The predicted octanol–water partition coefficient (Wildman–Crippen LogP) is 4.60. The molecule has 0 aliphatic heterocycles. The summed E-state index contributed by atoms with van der Waals surface area (Å²) in [5.74, 6) is -0.587. The molecule has 0 aliphatic carbocycles. The number of carboxylic acids is 1. The SMILES string of the molecule is CCCOc1ccc(CC(C(=O)O)c2ccc(Cl)s2)cc1. The molecule has 0 spiro atoms. The van der Waals surface area contributed by atoms with Gasteiger partial charge in [-0.2, -0.15) is 0 Å². The molecule has 0 saturated carbocycles. The van der Waals surface area contributed by atoms with Gasteiger partial charge in [-0.05, 0) is 42.7 Å². The van der Waals surface area contributed by atoms with Gasteiger partial charge in [0.05, 0.1) is 16.9 Å². The van der Waals surface area contributed by atoms with Crippen molar-refractivity contribution in [1.82, 2.24) is 0 Å². The van der Waals surface area contributed by atoms with Crippen LogP contribution in [0.15, 0.2) is 36.4 Å². The molecule has 112 valence electrons. The number of hydrogen-bond acceptors (Lipinski definition) is 3. The van der Waals surface area contributed by atoms with Crippen LogP contribution in [0.3, 0.4) is 0 Å². The highest BCUT2D eigenvalue weighted by Crippen LogP contribution is 2.31. The van der Waals surface area contributed by atoms with Gasteiger partial charge in [-0.3, -0.25) is 4.79 Å². The Morgan fingerprint density at radius 3 is 2.52 bits per heavy atom. The minimum absolute atomic E-state index is 0.445. The van der Waals surface area contributed by atoms with E-state index >= 15 is 0 Å². The van der Waals surface area contributed by atoms with Crippen molar-refractivity contribution in [3.05, 3.63) is 51.2 Å². The zero-order valence-corrected chi connectivity index (χ0v) is 13.3. The Labute approximate surface area is 133 Å². The van der Waals surface area contributed by atoms with Gasteiger partial charge in [0.1, 0.15) is 5.75 Å². The Morgan fingerprint density at radius 2 is 2.00 bits per heavy atom. The molecule has 1 aromatic carbocycles. The first-order chi connectivity index (χ1) is 10.1. The van der Waals surface area contributed by atoms with Gasteiger partial charge in [0.2, 0.25) is 0 Å². The van der Waals surface area contributed by atoms with Crippen molar-refractivity contribution in [3.63, 3.8) is 0 Å². The summed E-state index contributed by atoms with van der Waals surface area (Å²) >= 11 is 7.21. The van der Waals surface area contributed by atoms with Gasteiger partial charge >= 0.3 is 5.97 Å². The zero-order chi connectivity index (χ0) is 15.2. The number of carboxylic acid groups (broad SMARTS) is 1. The lowest BCUT2D eigenvalue weighted by atomic mass is 9.98. The molecule has 0 saturated heterocycles. The molecule has 2 rings (SSSR count). The molecule has 5 heteroatoms. The fraction of sp³-hybridized carbons (Fsp3) is 0.312. The second-order valence-corrected chi connectivity index (χ2v) is 6.48. The van der Waals surface area contributed by atoms with Crippen molar-refractivity contribution in [1.29, 1.82) is 0 Å². The Balaban J connectivity index is 2.08. The molecule has 1 atom stereocenters. The number of thiophene rings is 1. The van der Waals surface area contributed by atoms with Crippen molar-refractivity contribution in [3.8, 4) is 5.75 Å². The minimum Gasteiger partial charge on any atom is -0.494 e. The largest absolute Gasteiger partial charge is 0.494 e. The van der Waals surface area contributed by atoms with E-state index in [9.17, 15) is 9.90 Å². The van der Waals surface area contributed by atoms with Crippen LogP contribution in [0.25, 0.3) is 0 Å². The molecule has 2 aromatic rings. The molecule has 21 heavy (non-hydrogen) atoms. The number of halogens is 1. The van der Waals surface area contributed by atoms with Crippen molar-refractivity contribution in [2.24, 2.45) is 0 Å². The topological polar surface area (TPSA) is 46.5 Å². The van der Waals surface area contributed by atoms with Crippen molar-refractivity contribution >= 4 is 28.9 Å². The number of rotatable bonds is 7. The van der Waals surface area contributed by atoms with E-state index in [2.05, 4.69) is 6.92 Å². The van der Waals surface area contributed by atoms with Crippen LogP contribution in [0.2, 0.25) is 4.34 Å². The normalized spacial score (nSPS) is 12.1. The lowest BCUT2D eigenvalue weighted by Gasteiger charge is -2.11. The summed E-state index contributed by atoms with van der Waals surface area (Å²) in [4.78, 5) is 12.2. The molecule has 1 unspecified atom stereocenters. The van der Waals surface area contributed by atoms with Crippen LogP contribution in [-0.2, 0) is 11.2 Å². The standard InChI is InChI=1S/C16H17ClO3S/c1-2-9-20-12-5-3-11(4-6-12)10-13(16(18)19)14-7-8-15(17)21-14/h3-8,13H,2,9-10H2,1H3,(H,18,19). The van der Waals surface area contributed by atoms with Crippen LogP contribution < -0.4 is 4.74 Å². The fourth-order valence-corrected chi connectivity index (χ4v) is 3.16. The average Bonchev–Trinajstić information content (AvgIpc) is 2.89. The number of hydrogen-bond donors (Lipinski definition) is 1. The average molecular weight is 325 g/mol. The van der Waals surface area contributed by atoms with Gasteiger partial charge in [0.25, 0.3) is 0 Å². The third-order valence-electron chi connectivity index (χ3n) is 3.07. The fourth-order valence-electron chi connectivity index (χ4n) is 2.00. The third-order valence-corrected chi connectivity index (χ3v) is 4.42. The van der Waals surface area contributed by atoms with Crippen LogP contribution in [0, 0.1) is 0 Å². The molecule has 0 bridgehead atoms. The maximum absolute atomic E-state index is 11.5. The number of benzene rings is 1. The van der Waals surface area contributed by atoms with Crippen LogP contribution in [0.4, 0.5) is 0 Å². The van der Waals surface area contributed by atoms with Crippen LogP contribution in [0.5, 0.6) is 5.75 Å². The third kappa shape index (κ3) is 4.48. The first-order valence-electron chi connectivity index (χ1n) is 6.80. The smallest absolute Gasteiger partial charge is 0.312 e. The molecule has 0 radical (unpaired) electrons. The second kappa shape index (κ2) is 7.48. The second-order valence-electron chi connectivity index (χ2n) is 4.73. The summed E-state index contributed by atoms with van der Waals surface area (Å²) in [6.45, 7) is 2.74. The summed E-state index contributed by atoms with van der Waals surface area (Å²) in [7, 11) is 0. The van der Waals surface area contributed by atoms with E-state index in [1.165, 1.54) is 11.3 Å². The van der Waals surface area contributed by atoms with Crippen LogP contribution in [-0.4, -0.2) is 17.7 Å². The monoisotopic (exact) mass is 324 g/mol. The van der Waals surface area contributed by atoms with E-state index in [1.807, 2.05) is 24.3 Å². The van der Waals surface area contributed by atoms with E-state index in [4.69, 9.17) is 16.3 Å². The molecule has 1 heterocycles. The molecule has 0 amide bonds. The maximum Gasteiger partial charge on any atom is 0.312 e. The number of aliphatic carboxylic acids is 1. The highest BCUT2D eigenvalue weighted by Gasteiger charge is 2.22. The van der Waals surface area contributed by atoms with E-state index < -0.39 is 11.9 Å². The summed E-state index contributed by atoms with van der Waals surface area (Å²) < 4.78 is 6.13. The predicted molar refractivity (Wildman–Crippen MR) is 85.6 cm³/mol. The van der Waals surface area contributed by atoms with Crippen molar-refractivity contribution in [2.75, 3.05) is 6.61 Å². The first-order valence-corrected chi connectivity index (χ1v) is 7.99. The number of ether oxygens (including phenoxy) is 1. The Kier molecular flexibility index (Phi) is 5.65. The lowest BCUT2D eigenvalue weighted by Crippen LogP contribution is -2.13. The molecule has 1 N–H and O–H groups in total. The van der Waals surface area contributed by atoms with Gasteiger partial charge in [0, 0.05) is 4.88 Å². The minimum atomic E-state index is -0.833. The highest BCUT2D eigenvalue weighted by atomic mass is 35.5. The molecular formula is C16H17ClO3S. The van der Waals surface area contributed by atoms with Gasteiger partial charge in [-0.25, -0.2) is 0 Å². The van der Waals surface area contributed by atoms with Gasteiger partial charge in [-0.15, -0.1) is 11.3 Å². The lowest BCUT2D eigenvalue weighted by molar-refractivity contribution is -0.138. The highest BCUT2D eigenvalue weighted by molar-refractivity contribution is 7.16. The summed E-state index contributed by atoms with van der Waals surface area (Å²) in [6.07, 6.45) is 1.40. The van der Waals surface area contributed by atoms with E-state index in [0.29, 0.717) is 17.4 Å². The Bertz CT molecular complexity index is 592. The quantitative estimate of drug-likeness (QED) is 0.809. The van der Waals surface area contributed by atoms with Crippen molar-refractivity contribution in [2.45, 2.75) is 25.7 Å². The van der Waals surface area contributed by atoms with Gasteiger partial charge in [0.15, 0.2) is 0 Å². The molecule has 3 nitrogen and oxygen atoms in total. The van der Waals surface area contributed by atoms with Gasteiger partial charge < -0.3 is 9.84 Å². The van der Waals surface area contributed by atoms with E-state index in [-0.39, 0.29) is 0 Å². The number of carbonyl (C=O) groups is 1. The van der Waals surface area contributed by atoms with Crippen LogP contribution >= 0.6 is 22.9 Å². The molecule has 1 aromatic heterocycles. The van der Waals surface area contributed by atoms with E-state index in [0.717, 1.165) is 22.6 Å². The Hall–Kier alpha value is -1.52. The summed E-state index contributed by atoms with van der Waals surface area (Å²) in [5.41, 5.74) is 0.968. The van der Waals surface area contributed by atoms with Crippen molar-refractivity contribution < 1.29 is 14.6 Å². The summed E-state index contributed by atoms with van der Waals surface area (Å²) in [5, 5.41) is 9.41. The maximum atomic E-state index is 11.5.